The Hall–Kier alpha value is -3.76. The molecule has 3 fully saturated rings. The standard InChI is InChI=1S/C26H28F2N8O/c1-13-17(6-7-23(31-13)36-11-19-20(12-36)26(19,27)28)9-29-22-8-21(33-15(3)34-22)18-10-30-25(32-14(18)2)35-24(37)16-4-5-16/h6-8,10,16,19-20H,4-5,9,11-12H2,1-3H3,(H,29,33,34)(H,30,32,35,37)/t19-,20-/m1/s1. The quantitative estimate of drug-likeness (QED) is 0.497. The topological polar surface area (TPSA) is 109 Å². The molecular weight excluding hydrogens is 478 g/mol. The zero-order valence-electron chi connectivity index (χ0n) is 20.9. The minimum atomic E-state index is -2.50. The Balaban J connectivity index is 1.13. The SMILES string of the molecule is Cc1nc(NCc2ccc(N3C[C@@H]4[C@@H](C3)C4(F)F)nc2C)cc(-c2cnc(NC(=O)C3CC3)nc2C)n1. The van der Waals surface area contributed by atoms with Crippen LogP contribution in [0.4, 0.5) is 26.4 Å². The summed E-state index contributed by atoms with van der Waals surface area (Å²) >= 11 is 0. The molecule has 9 nitrogen and oxygen atoms in total. The first kappa shape index (κ1) is 23.6. The van der Waals surface area contributed by atoms with Crippen molar-refractivity contribution in [3.05, 3.63) is 47.2 Å². The largest absolute Gasteiger partial charge is 0.366 e. The number of rotatable bonds is 7. The van der Waals surface area contributed by atoms with Gasteiger partial charge in [0.1, 0.15) is 17.5 Å². The highest BCUT2D eigenvalue weighted by atomic mass is 19.3. The fraction of sp³-hybridized carbons (Fsp3) is 0.462. The number of hydrogen-bond acceptors (Lipinski definition) is 8. The van der Waals surface area contributed by atoms with E-state index in [0.717, 1.165) is 35.5 Å². The monoisotopic (exact) mass is 506 g/mol. The number of halogens is 2. The van der Waals surface area contributed by atoms with Gasteiger partial charge in [0.15, 0.2) is 0 Å². The fourth-order valence-corrected chi connectivity index (χ4v) is 4.95. The molecule has 192 valence electrons. The molecule has 0 unspecified atom stereocenters. The van der Waals surface area contributed by atoms with Gasteiger partial charge in [0.05, 0.1) is 23.2 Å². The number of carbonyl (C=O) groups excluding carboxylic acids is 1. The van der Waals surface area contributed by atoms with E-state index in [0.29, 0.717) is 48.6 Å². The van der Waals surface area contributed by atoms with Crippen molar-refractivity contribution in [3.63, 3.8) is 0 Å². The molecule has 2 atom stereocenters. The van der Waals surface area contributed by atoms with Gasteiger partial charge in [-0.15, -0.1) is 0 Å². The average molecular weight is 507 g/mol. The lowest BCUT2D eigenvalue weighted by atomic mass is 10.1. The van der Waals surface area contributed by atoms with Crippen LogP contribution in [0.2, 0.25) is 0 Å². The molecular formula is C26H28F2N8O. The normalized spacial score (nSPS) is 21.5. The molecule has 2 N–H and O–H groups in total. The second kappa shape index (κ2) is 8.67. The highest BCUT2D eigenvalue weighted by molar-refractivity contribution is 5.92. The number of aromatic nitrogens is 5. The maximum Gasteiger partial charge on any atom is 0.258 e. The van der Waals surface area contributed by atoms with Gasteiger partial charge in [-0.05, 0) is 45.2 Å². The summed E-state index contributed by atoms with van der Waals surface area (Å²) in [4.78, 5) is 36.4. The Morgan fingerprint density at radius 3 is 2.49 bits per heavy atom. The Morgan fingerprint density at radius 2 is 1.81 bits per heavy atom. The summed E-state index contributed by atoms with van der Waals surface area (Å²) in [5.41, 5.74) is 3.98. The highest BCUT2D eigenvalue weighted by Crippen LogP contribution is 2.59. The number of nitrogens with zero attached hydrogens (tertiary/aromatic N) is 6. The summed E-state index contributed by atoms with van der Waals surface area (Å²) < 4.78 is 27.1. The highest BCUT2D eigenvalue weighted by Gasteiger charge is 2.71. The molecule has 11 heteroatoms. The number of alkyl halides is 2. The summed E-state index contributed by atoms with van der Waals surface area (Å²) in [6.07, 6.45) is 3.50. The van der Waals surface area contributed by atoms with Gasteiger partial charge in [0.25, 0.3) is 5.92 Å². The number of fused-ring (bicyclic) bond motifs is 1. The lowest BCUT2D eigenvalue weighted by Crippen LogP contribution is -2.28. The Morgan fingerprint density at radius 1 is 1.05 bits per heavy atom. The summed E-state index contributed by atoms with van der Waals surface area (Å²) in [6.45, 7) is 6.83. The van der Waals surface area contributed by atoms with Gasteiger partial charge in [0, 0.05) is 49.1 Å². The molecule has 3 aromatic heterocycles. The maximum atomic E-state index is 13.5. The van der Waals surface area contributed by atoms with E-state index in [2.05, 4.69) is 35.6 Å². The Bertz CT molecular complexity index is 1380. The zero-order valence-corrected chi connectivity index (χ0v) is 20.9. The van der Waals surface area contributed by atoms with E-state index < -0.39 is 17.8 Å². The van der Waals surface area contributed by atoms with Crippen molar-refractivity contribution >= 4 is 23.5 Å². The molecule has 37 heavy (non-hydrogen) atoms. The van der Waals surface area contributed by atoms with E-state index in [1.54, 1.807) is 6.20 Å². The lowest BCUT2D eigenvalue weighted by molar-refractivity contribution is -0.117. The van der Waals surface area contributed by atoms with E-state index in [-0.39, 0.29) is 11.8 Å². The predicted octanol–water partition coefficient (Wildman–Crippen LogP) is 3.92. The van der Waals surface area contributed by atoms with Crippen molar-refractivity contribution in [2.75, 3.05) is 28.6 Å². The van der Waals surface area contributed by atoms with Crippen LogP contribution in [0.5, 0.6) is 0 Å². The summed E-state index contributed by atoms with van der Waals surface area (Å²) in [5, 5.41) is 6.11. The molecule has 1 saturated heterocycles. The van der Waals surface area contributed by atoms with E-state index in [4.69, 9.17) is 0 Å². The van der Waals surface area contributed by atoms with Crippen molar-refractivity contribution in [1.82, 2.24) is 24.9 Å². The molecule has 1 amide bonds. The van der Waals surface area contributed by atoms with Crippen LogP contribution in [0.3, 0.4) is 0 Å². The lowest BCUT2D eigenvalue weighted by Gasteiger charge is -2.22. The zero-order chi connectivity index (χ0) is 25.9. The van der Waals surface area contributed by atoms with Crippen LogP contribution in [0, 0.1) is 38.5 Å². The van der Waals surface area contributed by atoms with Gasteiger partial charge in [-0.1, -0.05) is 6.07 Å². The molecule has 3 aromatic rings. The predicted molar refractivity (Wildman–Crippen MR) is 134 cm³/mol. The van der Waals surface area contributed by atoms with E-state index in [9.17, 15) is 13.6 Å². The van der Waals surface area contributed by atoms with Crippen molar-refractivity contribution < 1.29 is 13.6 Å². The minimum absolute atomic E-state index is 0.0343. The molecule has 3 aliphatic rings. The third-order valence-corrected chi connectivity index (χ3v) is 7.44. The number of pyridine rings is 1. The molecule has 0 radical (unpaired) electrons. The Labute approximate surface area is 213 Å². The summed E-state index contributed by atoms with van der Waals surface area (Å²) in [5.74, 6) is -1.22. The number of piperidine rings is 1. The minimum Gasteiger partial charge on any atom is -0.366 e. The first-order valence-electron chi connectivity index (χ1n) is 12.5. The second-order valence-corrected chi connectivity index (χ2v) is 10.2. The van der Waals surface area contributed by atoms with E-state index in [1.165, 1.54) is 0 Å². The molecule has 6 rings (SSSR count). The van der Waals surface area contributed by atoms with Crippen LogP contribution >= 0.6 is 0 Å². The molecule has 0 bridgehead atoms. The molecule has 0 spiro atoms. The molecule has 2 aliphatic carbocycles. The van der Waals surface area contributed by atoms with Crippen molar-refractivity contribution in [2.45, 2.75) is 46.1 Å². The smallest absolute Gasteiger partial charge is 0.258 e. The van der Waals surface area contributed by atoms with Gasteiger partial charge >= 0.3 is 0 Å². The number of hydrogen-bond donors (Lipinski definition) is 2. The van der Waals surface area contributed by atoms with Gasteiger partial charge in [-0.25, -0.2) is 33.7 Å². The van der Waals surface area contributed by atoms with Crippen LogP contribution in [0.1, 0.15) is 35.6 Å². The van der Waals surface area contributed by atoms with Gasteiger partial charge in [-0.3, -0.25) is 10.1 Å². The average Bonchev–Trinajstić information content (AvgIpc) is 3.71. The van der Waals surface area contributed by atoms with Gasteiger partial charge < -0.3 is 10.2 Å². The third kappa shape index (κ3) is 4.58. The molecule has 1 aliphatic heterocycles. The number of aryl methyl sites for hydroxylation is 3. The number of nitrogens with one attached hydrogen (secondary N) is 2. The van der Waals surface area contributed by atoms with Crippen molar-refractivity contribution in [1.29, 1.82) is 0 Å². The van der Waals surface area contributed by atoms with Gasteiger partial charge in [-0.2, -0.15) is 0 Å². The van der Waals surface area contributed by atoms with Crippen molar-refractivity contribution in [3.8, 4) is 11.3 Å². The van der Waals surface area contributed by atoms with Crippen LogP contribution in [0.25, 0.3) is 11.3 Å². The van der Waals surface area contributed by atoms with E-state index >= 15 is 0 Å². The first-order valence-corrected chi connectivity index (χ1v) is 12.5. The second-order valence-electron chi connectivity index (χ2n) is 10.2. The third-order valence-electron chi connectivity index (χ3n) is 7.44. The maximum absolute atomic E-state index is 13.5. The number of anilines is 3. The van der Waals surface area contributed by atoms with Crippen LogP contribution in [-0.2, 0) is 11.3 Å². The Kier molecular flexibility index (Phi) is 5.54. The number of amides is 1. The van der Waals surface area contributed by atoms with Crippen molar-refractivity contribution in [2.24, 2.45) is 17.8 Å². The van der Waals surface area contributed by atoms with Crippen LogP contribution in [-0.4, -0.2) is 49.8 Å². The van der Waals surface area contributed by atoms with Crippen LogP contribution < -0.4 is 15.5 Å². The van der Waals surface area contributed by atoms with Gasteiger partial charge in [0.2, 0.25) is 11.9 Å². The fourth-order valence-electron chi connectivity index (χ4n) is 4.95. The number of carbonyl (C=O) groups is 1. The molecule has 0 aromatic carbocycles. The molecule has 4 heterocycles. The summed E-state index contributed by atoms with van der Waals surface area (Å²) in [6, 6.07) is 5.72. The van der Waals surface area contributed by atoms with E-state index in [1.807, 2.05) is 43.9 Å². The molecule has 2 saturated carbocycles. The summed E-state index contributed by atoms with van der Waals surface area (Å²) in [7, 11) is 0. The first-order chi connectivity index (χ1) is 17.7. The van der Waals surface area contributed by atoms with Crippen LogP contribution in [0.15, 0.2) is 24.4 Å².